The predicted molar refractivity (Wildman–Crippen MR) is 144 cm³/mol. The maximum absolute atomic E-state index is 12.0. The van der Waals surface area contributed by atoms with Gasteiger partial charge in [0.15, 0.2) is 0 Å². The quantitative estimate of drug-likeness (QED) is 0.599. The summed E-state index contributed by atoms with van der Waals surface area (Å²) in [5.74, 6) is 2.98. The molecule has 1 amide bonds. The summed E-state index contributed by atoms with van der Waals surface area (Å²) in [4.78, 5) is 35.3. The second-order valence-corrected chi connectivity index (χ2v) is 9.73. The average Bonchev–Trinajstić information content (AvgIpc) is 3.49. The molecule has 0 unspecified atom stereocenters. The number of aromatic nitrogens is 3. The van der Waals surface area contributed by atoms with Gasteiger partial charge in [-0.3, -0.25) is 0 Å². The first kappa shape index (κ1) is 25.2. The first-order valence-corrected chi connectivity index (χ1v) is 13.5. The van der Waals surface area contributed by atoms with Crippen LogP contribution in [0.25, 0.3) is 0 Å². The molecule has 1 aromatic carbocycles. The summed E-state index contributed by atoms with van der Waals surface area (Å²) in [5.41, 5.74) is 1.20. The number of methoxy groups -OCH3 is 1. The molecule has 0 spiro atoms. The molecule has 2 aromatic rings. The number of hydrogen-bond acceptors (Lipinski definition) is 10. The van der Waals surface area contributed by atoms with Crippen LogP contribution in [0.4, 0.5) is 28.3 Å². The van der Waals surface area contributed by atoms with Gasteiger partial charge in [-0.15, -0.1) is 0 Å². The number of likely N-dealkylation sites (tertiary alicyclic amines) is 1. The fourth-order valence-corrected chi connectivity index (χ4v) is 5.18. The number of carbonyl (C=O) groups excluding carboxylic acids is 1. The van der Waals surface area contributed by atoms with E-state index >= 15 is 0 Å². The van der Waals surface area contributed by atoms with Crippen LogP contribution in [0.5, 0.6) is 5.75 Å². The van der Waals surface area contributed by atoms with Crippen LogP contribution in [0.3, 0.4) is 0 Å². The lowest BCUT2D eigenvalue weighted by atomic mass is 10.1. The van der Waals surface area contributed by atoms with E-state index in [1.807, 2.05) is 19.1 Å². The lowest BCUT2D eigenvalue weighted by Crippen LogP contribution is -2.47. The Morgan fingerprint density at radius 3 is 2.05 bits per heavy atom. The highest BCUT2D eigenvalue weighted by molar-refractivity contribution is 5.67. The largest absolute Gasteiger partial charge is 0.497 e. The van der Waals surface area contributed by atoms with E-state index in [4.69, 9.17) is 24.4 Å². The Kier molecular flexibility index (Phi) is 7.96. The molecule has 11 nitrogen and oxygen atoms in total. The molecule has 0 aliphatic carbocycles. The third kappa shape index (κ3) is 6.08. The van der Waals surface area contributed by atoms with Crippen LogP contribution in [0, 0.1) is 0 Å². The molecule has 5 rings (SSSR count). The second-order valence-electron chi connectivity index (χ2n) is 9.73. The van der Waals surface area contributed by atoms with Gasteiger partial charge in [0, 0.05) is 64.1 Å². The lowest BCUT2D eigenvalue weighted by Gasteiger charge is -2.36. The number of nitrogens with zero attached hydrogens (tertiary/aromatic N) is 7. The lowest BCUT2D eigenvalue weighted by molar-refractivity contribution is 0.0983. The minimum absolute atomic E-state index is 0.208. The molecule has 3 aliphatic heterocycles. The van der Waals surface area contributed by atoms with Crippen molar-refractivity contribution in [3.63, 3.8) is 0 Å². The van der Waals surface area contributed by atoms with Crippen LogP contribution in [0.2, 0.25) is 0 Å². The fraction of sp³-hybridized carbons (Fsp3) is 0.615. The first-order valence-electron chi connectivity index (χ1n) is 13.5. The minimum Gasteiger partial charge on any atom is -0.497 e. The highest BCUT2D eigenvalue weighted by Gasteiger charge is 2.27. The van der Waals surface area contributed by atoms with Crippen molar-refractivity contribution in [3.8, 4) is 5.75 Å². The van der Waals surface area contributed by atoms with Gasteiger partial charge in [-0.1, -0.05) is 0 Å². The molecule has 4 heterocycles. The summed E-state index contributed by atoms with van der Waals surface area (Å²) in [6.45, 7) is 9.00. The van der Waals surface area contributed by atoms with E-state index in [0.29, 0.717) is 25.6 Å². The van der Waals surface area contributed by atoms with Gasteiger partial charge >= 0.3 is 6.09 Å². The molecule has 1 N–H and O–H groups in total. The van der Waals surface area contributed by atoms with Crippen LogP contribution < -0.4 is 24.8 Å². The normalized spacial score (nSPS) is 18.8. The van der Waals surface area contributed by atoms with Crippen molar-refractivity contribution < 1.29 is 14.3 Å². The van der Waals surface area contributed by atoms with E-state index in [9.17, 15) is 4.79 Å². The number of piperazine rings is 1. The van der Waals surface area contributed by atoms with Crippen LogP contribution in [-0.4, -0.2) is 98.1 Å². The van der Waals surface area contributed by atoms with Gasteiger partial charge in [-0.2, -0.15) is 15.0 Å². The molecule has 0 radical (unpaired) electrons. The molecular weight excluding hydrogens is 472 g/mol. The van der Waals surface area contributed by atoms with Gasteiger partial charge in [0.05, 0.1) is 13.7 Å². The molecule has 0 bridgehead atoms. The number of ether oxygens (including phenoxy) is 2. The SMILES string of the molecule is CCOC(=O)N1CCC(Nc2nc(N3CCCC3)nc(N3CCN(c4ccc(OC)cc4)CC3)n2)CC1. The summed E-state index contributed by atoms with van der Waals surface area (Å²) in [7, 11) is 1.69. The molecule has 3 aliphatic rings. The monoisotopic (exact) mass is 510 g/mol. The number of rotatable bonds is 7. The van der Waals surface area contributed by atoms with E-state index < -0.39 is 0 Å². The summed E-state index contributed by atoms with van der Waals surface area (Å²) >= 11 is 0. The number of anilines is 4. The summed E-state index contributed by atoms with van der Waals surface area (Å²) in [6.07, 6.45) is 3.76. The van der Waals surface area contributed by atoms with E-state index in [0.717, 1.165) is 82.6 Å². The van der Waals surface area contributed by atoms with Gasteiger partial charge in [0.2, 0.25) is 17.8 Å². The van der Waals surface area contributed by atoms with E-state index in [1.54, 1.807) is 12.0 Å². The van der Waals surface area contributed by atoms with Crippen LogP contribution in [0.15, 0.2) is 24.3 Å². The Labute approximate surface area is 218 Å². The van der Waals surface area contributed by atoms with E-state index in [1.165, 1.54) is 5.69 Å². The van der Waals surface area contributed by atoms with Gasteiger partial charge in [0.25, 0.3) is 0 Å². The van der Waals surface area contributed by atoms with Crippen molar-refractivity contribution >= 4 is 29.6 Å². The molecular formula is C26H38N8O3. The fourth-order valence-electron chi connectivity index (χ4n) is 5.18. The zero-order valence-electron chi connectivity index (χ0n) is 21.9. The number of piperidine rings is 1. The molecule has 1 aromatic heterocycles. The molecule has 37 heavy (non-hydrogen) atoms. The molecule has 0 saturated carbocycles. The second kappa shape index (κ2) is 11.7. The average molecular weight is 511 g/mol. The number of hydrogen-bond donors (Lipinski definition) is 1. The Hall–Kier alpha value is -3.50. The Balaban J connectivity index is 1.25. The highest BCUT2D eigenvalue weighted by atomic mass is 16.6. The molecule has 200 valence electrons. The predicted octanol–water partition coefficient (Wildman–Crippen LogP) is 2.84. The van der Waals surface area contributed by atoms with Gasteiger partial charge < -0.3 is 34.4 Å². The first-order chi connectivity index (χ1) is 18.1. The van der Waals surface area contributed by atoms with Gasteiger partial charge in [-0.25, -0.2) is 4.79 Å². The smallest absolute Gasteiger partial charge is 0.409 e. The van der Waals surface area contributed by atoms with E-state index in [2.05, 4.69) is 32.1 Å². The molecule has 3 fully saturated rings. The maximum atomic E-state index is 12.0. The third-order valence-electron chi connectivity index (χ3n) is 7.35. The third-order valence-corrected chi connectivity index (χ3v) is 7.35. The number of nitrogens with one attached hydrogen (secondary N) is 1. The number of carbonyl (C=O) groups is 1. The van der Waals surface area contributed by atoms with Crippen molar-refractivity contribution in [3.05, 3.63) is 24.3 Å². The zero-order chi connectivity index (χ0) is 25.6. The van der Waals surface area contributed by atoms with E-state index in [-0.39, 0.29) is 12.1 Å². The molecule has 0 atom stereocenters. The zero-order valence-corrected chi connectivity index (χ0v) is 21.9. The Morgan fingerprint density at radius 1 is 0.865 bits per heavy atom. The summed E-state index contributed by atoms with van der Waals surface area (Å²) < 4.78 is 10.4. The topological polar surface area (TPSA) is 99.2 Å². The number of amides is 1. The van der Waals surface area contributed by atoms with Crippen molar-refractivity contribution in [2.75, 3.05) is 86.1 Å². The minimum atomic E-state index is -0.228. The van der Waals surface area contributed by atoms with Crippen LogP contribution in [0.1, 0.15) is 32.6 Å². The maximum Gasteiger partial charge on any atom is 0.409 e. The summed E-state index contributed by atoms with van der Waals surface area (Å²) in [5, 5.41) is 3.54. The van der Waals surface area contributed by atoms with Crippen LogP contribution in [-0.2, 0) is 4.74 Å². The van der Waals surface area contributed by atoms with Crippen molar-refractivity contribution in [2.24, 2.45) is 0 Å². The van der Waals surface area contributed by atoms with Crippen molar-refractivity contribution in [1.29, 1.82) is 0 Å². The Morgan fingerprint density at radius 2 is 1.46 bits per heavy atom. The molecule has 11 heteroatoms. The van der Waals surface area contributed by atoms with Crippen molar-refractivity contribution in [2.45, 2.75) is 38.6 Å². The standard InChI is InChI=1S/C26H38N8O3/c1-3-37-26(35)34-14-10-20(11-15-34)27-23-28-24(32-12-4-5-13-32)30-25(29-23)33-18-16-31(17-19-33)21-6-8-22(36-2)9-7-21/h6-9,20H,3-5,10-19H2,1-2H3,(H,27,28,29,30). The Bertz CT molecular complexity index is 1030. The van der Waals surface area contributed by atoms with Crippen LogP contribution >= 0.6 is 0 Å². The number of benzene rings is 1. The summed E-state index contributed by atoms with van der Waals surface area (Å²) in [6, 6.07) is 8.44. The van der Waals surface area contributed by atoms with Crippen molar-refractivity contribution in [1.82, 2.24) is 19.9 Å². The molecule has 3 saturated heterocycles. The van der Waals surface area contributed by atoms with Gasteiger partial charge in [0.1, 0.15) is 5.75 Å². The van der Waals surface area contributed by atoms with Gasteiger partial charge in [-0.05, 0) is 56.9 Å². The highest BCUT2D eigenvalue weighted by Crippen LogP contribution is 2.25.